The third kappa shape index (κ3) is 2.49. The van der Waals surface area contributed by atoms with Gasteiger partial charge in [-0.05, 0) is 0 Å². The number of hydrogen-bond donors (Lipinski definition) is 2. The molecule has 0 fully saturated rings. The Bertz CT molecular complexity index is 624. The summed E-state index contributed by atoms with van der Waals surface area (Å²) < 4.78 is 0. The number of benzene rings is 2. The Balaban J connectivity index is 0.000000225. The summed E-state index contributed by atoms with van der Waals surface area (Å²) in [5.74, 6) is -0.128. The Kier molecular flexibility index (Phi) is 3.62. The van der Waals surface area contributed by atoms with E-state index < -0.39 is 0 Å². The lowest BCUT2D eigenvalue weighted by atomic mass is 9.84. The van der Waals surface area contributed by atoms with E-state index in [4.69, 9.17) is 0 Å². The van der Waals surface area contributed by atoms with E-state index >= 15 is 0 Å². The Morgan fingerprint density at radius 3 is 1.38 bits per heavy atom. The molecule has 21 heavy (non-hydrogen) atoms. The van der Waals surface area contributed by atoms with Gasteiger partial charge in [-0.1, -0.05) is 54.6 Å². The summed E-state index contributed by atoms with van der Waals surface area (Å²) in [6, 6.07) is 13.9. The van der Waals surface area contributed by atoms with E-state index in [1.807, 2.05) is 12.3 Å². The molecule has 104 valence electrons. The quantitative estimate of drug-likeness (QED) is 0.661. The maximum absolute atomic E-state index is 12.1. The third-order valence-corrected chi connectivity index (χ3v) is 3.36. The highest BCUT2D eigenvalue weighted by atomic mass is 16.1. The van der Waals surface area contributed by atoms with Crippen LogP contribution in [0, 0.1) is 0 Å². The summed E-state index contributed by atoms with van der Waals surface area (Å²) in [7, 11) is 0. The lowest BCUT2D eigenvalue weighted by Gasteiger charge is -2.16. The molecule has 1 aliphatic carbocycles. The van der Waals surface area contributed by atoms with Gasteiger partial charge in [0, 0.05) is 35.0 Å². The number of hydrogen-bond acceptors (Lipinski definition) is 4. The van der Waals surface area contributed by atoms with Gasteiger partial charge in [-0.2, -0.15) is 0 Å². The van der Waals surface area contributed by atoms with Crippen molar-refractivity contribution in [2.24, 2.45) is 0 Å². The second-order valence-electron chi connectivity index (χ2n) is 4.68. The van der Waals surface area contributed by atoms with Crippen molar-refractivity contribution < 1.29 is 9.59 Å². The van der Waals surface area contributed by atoms with E-state index in [2.05, 4.69) is 10.9 Å². The Hall–Kier alpha value is -2.72. The van der Waals surface area contributed by atoms with Crippen LogP contribution in [0.2, 0.25) is 0 Å². The highest BCUT2D eigenvalue weighted by Crippen LogP contribution is 2.26. The first kappa shape index (κ1) is 13.3. The summed E-state index contributed by atoms with van der Waals surface area (Å²) in [6.45, 7) is 0.958. The third-order valence-electron chi connectivity index (χ3n) is 3.36. The Morgan fingerprint density at radius 2 is 1.14 bits per heavy atom. The SMILES string of the molecule is C1=CNNC1.O=C1c2ccccc2C(=O)c2ccccc21. The average molecular weight is 278 g/mol. The van der Waals surface area contributed by atoms with Crippen molar-refractivity contribution in [1.29, 1.82) is 0 Å². The highest BCUT2D eigenvalue weighted by Gasteiger charge is 2.28. The van der Waals surface area contributed by atoms with E-state index in [0.29, 0.717) is 22.3 Å². The van der Waals surface area contributed by atoms with E-state index in [-0.39, 0.29) is 11.6 Å². The van der Waals surface area contributed by atoms with Crippen LogP contribution in [0.4, 0.5) is 0 Å². The second-order valence-corrected chi connectivity index (χ2v) is 4.68. The molecule has 0 atom stereocenters. The van der Waals surface area contributed by atoms with Crippen molar-refractivity contribution in [2.75, 3.05) is 6.54 Å². The minimum absolute atomic E-state index is 0.0641. The zero-order valence-corrected chi connectivity index (χ0v) is 11.3. The first-order chi connectivity index (χ1) is 10.3. The maximum Gasteiger partial charge on any atom is 0.194 e. The molecular formula is C17H14N2O2. The number of hydrazine groups is 1. The molecule has 2 aromatic rings. The van der Waals surface area contributed by atoms with Crippen molar-refractivity contribution in [2.45, 2.75) is 0 Å². The minimum atomic E-state index is -0.0641. The van der Waals surface area contributed by atoms with Crippen molar-refractivity contribution >= 4 is 11.6 Å². The average Bonchev–Trinajstić information content (AvgIpc) is 3.12. The largest absolute Gasteiger partial charge is 0.329 e. The lowest BCUT2D eigenvalue weighted by molar-refractivity contribution is 0.0979. The second kappa shape index (κ2) is 5.73. The van der Waals surface area contributed by atoms with E-state index in [0.717, 1.165) is 6.54 Å². The zero-order valence-electron chi connectivity index (χ0n) is 11.3. The molecule has 2 N–H and O–H groups in total. The molecule has 0 radical (unpaired) electrons. The van der Waals surface area contributed by atoms with Crippen molar-refractivity contribution in [1.82, 2.24) is 10.9 Å². The molecule has 1 aliphatic heterocycles. The monoisotopic (exact) mass is 278 g/mol. The van der Waals surface area contributed by atoms with Gasteiger partial charge in [0.2, 0.25) is 0 Å². The van der Waals surface area contributed by atoms with E-state index in [9.17, 15) is 9.59 Å². The summed E-state index contributed by atoms with van der Waals surface area (Å²) in [6.07, 6.45) is 3.89. The molecule has 4 heteroatoms. The fourth-order valence-electron chi connectivity index (χ4n) is 2.34. The lowest BCUT2D eigenvalue weighted by Crippen LogP contribution is -2.20. The highest BCUT2D eigenvalue weighted by molar-refractivity contribution is 6.28. The molecular weight excluding hydrogens is 264 g/mol. The van der Waals surface area contributed by atoms with Crippen LogP contribution in [0.5, 0.6) is 0 Å². The van der Waals surface area contributed by atoms with Crippen LogP contribution in [0.1, 0.15) is 31.8 Å². The molecule has 4 nitrogen and oxygen atoms in total. The van der Waals surface area contributed by atoms with Crippen LogP contribution in [-0.2, 0) is 0 Å². The van der Waals surface area contributed by atoms with Gasteiger partial charge in [-0.3, -0.25) is 9.59 Å². The summed E-state index contributed by atoms with van der Waals surface area (Å²) in [4.78, 5) is 24.2. The number of carbonyl (C=O) groups is 2. The molecule has 0 bridgehead atoms. The van der Waals surface area contributed by atoms with Crippen molar-refractivity contribution in [3.05, 3.63) is 83.1 Å². The molecule has 0 saturated carbocycles. The fourth-order valence-corrected chi connectivity index (χ4v) is 2.34. The van der Waals surface area contributed by atoms with Gasteiger partial charge in [0.25, 0.3) is 0 Å². The molecule has 1 heterocycles. The van der Waals surface area contributed by atoms with Gasteiger partial charge in [-0.15, -0.1) is 0 Å². The molecule has 2 aliphatic rings. The first-order valence-electron chi connectivity index (χ1n) is 6.70. The minimum Gasteiger partial charge on any atom is -0.329 e. The fraction of sp³-hybridized carbons (Fsp3) is 0.0588. The number of rotatable bonds is 0. The number of fused-ring (bicyclic) bond motifs is 2. The normalized spacial score (nSPS) is 14.7. The summed E-state index contributed by atoms with van der Waals surface area (Å²) in [5.41, 5.74) is 7.68. The maximum atomic E-state index is 12.1. The van der Waals surface area contributed by atoms with Gasteiger partial charge in [0.05, 0.1) is 0 Å². The predicted molar refractivity (Wildman–Crippen MR) is 80.0 cm³/mol. The number of nitrogens with one attached hydrogen (secondary N) is 2. The molecule has 0 amide bonds. The van der Waals surface area contributed by atoms with Crippen LogP contribution < -0.4 is 10.9 Å². The molecule has 2 aromatic carbocycles. The van der Waals surface area contributed by atoms with Crippen LogP contribution in [-0.4, -0.2) is 18.1 Å². The van der Waals surface area contributed by atoms with Gasteiger partial charge >= 0.3 is 0 Å². The van der Waals surface area contributed by atoms with E-state index in [1.54, 1.807) is 48.5 Å². The topological polar surface area (TPSA) is 58.2 Å². The first-order valence-corrected chi connectivity index (χ1v) is 6.70. The summed E-state index contributed by atoms with van der Waals surface area (Å²) >= 11 is 0. The van der Waals surface area contributed by atoms with Gasteiger partial charge in [-0.25, -0.2) is 5.43 Å². The smallest absolute Gasteiger partial charge is 0.194 e. The van der Waals surface area contributed by atoms with Crippen molar-refractivity contribution in [3.63, 3.8) is 0 Å². The van der Waals surface area contributed by atoms with Crippen LogP contribution in [0.25, 0.3) is 0 Å². The zero-order chi connectivity index (χ0) is 14.7. The van der Waals surface area contributed by atoms with Gasteiger partial charge in [0.1, 0.15) is 0 Å². The summed E-state index contributed by atoms with van der Waals surface area (Å²) in [5, 5.41) is 0. The molecule has 0 aromatic heterocycles. The Morgan fingerprint density at radius 1 is 0.714 bits per heavy atom. The standard InChI is InChI=1S/C14H8O2.C3H6N2/c15-13-9-5-1-2-6-10(9)14(16)12-8-4-3-7-11(12)13;1-2-4-5-3-1/h1-8H;1-2,4-5H,3H2. The van der Waals surface area contributed by atoms with Crippen molar-refractivity contribution in [3.8, 4) is 0 Å². The molecule has 0 saturated heterocycles. The van der Waals surface area contributed by atoms with Gasteiger partial charge < -0.3 is 5.43 Å². The number of carbonyl (C=O) groups excluding carboxylic acids is 2. The predicted octanol–water partition coefficient (Wildman–Crippen LogP) is 2.07. The van der Waals surface area contributed by atoms with Crippen LogP contribution in [0.3, 0.4) is 0 Å². The van der Waals surface area contributed by atoms with Crippen LogP contribution >= 0.6 is 0 Å². The number of ketones is 2. The van der Waals surface area contributed by atoms with E-state index in [1.165, 1.54) is 0 Å². The van der Waals surface area contributed by atoms with Gasteiger partial charge in [0.15, 0.2) is 11.6 Å². The molecule has 0 unspecified atom stereocenters. The molecule has 4 rings (SSSR count). The molecule has 0 spiro atoms. The Labute approximate surface area is 122 Å². The van der Waals surface area contributed by atoms with Crippen LogP contribution in [0.15, 0.2) is 60.8 Å².